The number of rotatable bonds is 6. The summed E-state index contributed by atoms with van der Waals surface area (Å²) in [6.07, 6.45) is 0. The van der Waals surface area contributed by atoms with E-state index in [2.05, 4.69) is 4.72 Å². The van der Waals surface area contributed by atoms with Crippen LogP contribution in [0.1, 0.15) is 38.1 Å². The summed E-state index contributed by atoms with van der Waals surface area (Å²) in [7, 11) is -5.40. The van der Waals surface area contributed by atoms with Gasteiger partial charge in [-0.1, -0.05) is 60.1 Å². The number of hydrogen-bond donors (Lipinski definition) is 1. The van der Waals surface area contributed by atoms with Crippen LogP contribution in [0.2, 0.25) is 5.02 Å². The van der Waals surface area contributed by atoms with Gasteiger partial charge in [-0.05, 0) is 62.7 Å². The van der Waals surface area contributed by atoms with Crippen LogP contribution in [0.25, 0.3) is 10.9 Å². The lowest BCUT2D eigenvalue weighted by Crippen LogP contribution is -2.37. The first-order valence-corrected chi connectivity index (χ1v) is 13.4. The van der Waals surface area contributed by atoms with Crippen molar-refractivity contribution in [1.82, 2.24) is 8.69 Å². The van der Waals surface area contributed by atoms with Crippen LogP contribution >= 0.6 is 11.6 Å². The summed E-state index contributed by atoms with van der Waals surface area (Å²) < 4.78 is 44.8. The number of nitrogens with zero attached hydrogens (tertiary/aromatic N) is 1. The number of fused-ring (bicyclic) bond motifs is 1. The van der Waals surface area contributed by atoms with Crippen molar-refractivity contribution in [3.8, 4) is 0 Å². The van der Waals surface area contributed by atoms with Gasteiger partial charge in [0.15, 0.2) is 0 Å². The zero-order chi connectivity index (χ0) is 23.8. The molecular formula is C25H25ClN2O3S2. The van der Waals surface area contributed by atoms with Crippen molar-refractivity contribution in [3.05, 3.63) is 101 Å². The van der Waals surface area contributed by atoms with Crippen LogP contribution in [0, 0.1) is 0 Å². The van der Waals surface area contributed by atoms with Gasteiger partial charge < -0.3 is 0 Å². The van der Waals surface area contributed by atoms with Crippen molar-refractivity contribution in [1.29, 1.82) is 0 Å². The number of nitrogens with one attached hydrogen (secondary N) is 1. The first-order valence-electron chi connectivity index (χ1n) is 10.4. The SMILES string of the molecule is CC(C)(C)S(=O)N[C@@H](c1ccc(Cl)cc1)c1cc2ccccc2n1S(=O)(=O)c1ccccc1. The molecule has 1 N–H and O–H groups in total. The van der Waals surface area contributed by atoms with E-state index in [1.165, 1.54) is 3.97 Å². The fourth-order valence-corrected chi connectivity index (χ4v) is 6.08. The maximum Gasteiger partial charge on any atom is 0.268 e. The summed E-state index contributed by atoms with van der Waals surface area (Å²) in [4.78, 5) is 0.180. The summed E-state index contributed by atoms with van der Waals surface area (Å²) in [6, 6.07) is 23.9. The highest BCUT2D eigenvalue weighted by atomic mass is 35.5. The van der Waals surface area contributed by atoms with E-state index >= 15 is 0 Å². The fraction of sp³-hybridized carbons (Fsp3) is 0.200. The van der Waals surface area contributed by atoms with E-state index in [1.807, 2.05) is 51.1 Å². The van der Waals surface area contributed by atoms with E-state index in [1.54, 1.807) is 54.6 Å². The summed E-state index contributed by atoms with van der Waals surface area (Å²) >= 11 is 6.11. The van der Waals surface area contributed by atoms with Gasteiger partial charge in [0.2, 0.25) is 0 Å². The normalized spacial score (nSPS) is 14.3. The number of aromatic nitrogens is 1. The lowest BCUT2D eigenvalue weighted by atomic mass is 10.0. The van der Waals surface area contributed by atoms with Crippen LogP contribution in [-0.4, -0.2) is 21.3 Å². The Morgan fingerprint density at radius 1 is 0.909 bits per heavy atom. The Labute approximate surface area is 202 Å². The number of halogens is 1. The second kappa shape index (κ2) is 9.06. The maximum absolute atomic E-state index is 13.8. The number of hydrogen-bond acceptors (Lipinski definition) is 3. The minimum atomic E-state index is -3.93. The molecule has 0 spiro atoms. The average Bonchev–Trinajstić information content (AvgIpc) is 3.18. The standard InChI is InChI=1S/C25H25ClN2O3S2/c1-25(2,3)32(29)27-24(18-13-15-20(26)16-14-18)23-17-19-9-7-8-12-22(19)28(23)33(30,31)21-10-5-4-6-11-21/h4-17,24,27H,1-3H3/t24-,32?/m0/s1. The van der Waals surface area contributed by atoms with Gasteiger partial charge in [0.05, 0.1) is 37.9 Å². The van der Waals surface area contributed by atoms with Gasteiger partial charge >= 0.3 is 0 Å². The van der Waals surface area contributed by atoms with Crippen molar-refractivity contribution >= 4 is 43.5 Å². The molecule has 0 bridgehead atoms. The Bertz CT molecular complexity index is 1410. The Hall–Kier alpha value is -2.45. The zero-order valence-corrected chi connectivity index (χ0v) is 20.9. The molecule has 0 amide bonds. The predicted octanol–water partition coefficient (Wildman–Crippen LogP) is 5.67. The second-order valence-corrected chi connectivity index (χ2v) is 12.9. The molecule has 0 radical (unpaired) electrons. The third-order valence-corrected chi connectivity index (χ3v) is 8.83. The summed E-state index contributed by atoms with van der Waals surface area (Å²) in [5.41, 5.74) is 1.78. The van der Waals surface area contributed by atoms with Crippen LogP contribution < -0.4 is 4.72 Å². The molecule has 0 saturated heterocycles. The van der Waals surface area contributed by atoms with Crippen LogP contribution in [0.3, 0.4) is 0 Å². The van der Waals surface area contributed by atoms with Gasteiger partial charge in [-0.3, -0.25) is 0 Å². The molecule has 8 heteroatoms. The summed E-state index contributed by atoms with van der Waals surface area (Å²) in [6.45, 7) is 5.60. The van der Waals surface area contributed by atoms with E-state index < -0.39 is 31.8 Å². The van der Waals surface area contributed by atoms with Crippen molar-refractivity contribution in [2.75, 3.05) is 0 Å². The van der Waals surface area contributed by atoms with Gasteiger partial charge in [-0.2, -0.15) is 0 Å². The van der Waals surface area contributed by atoms with Gasteiger partial charge in [0.25, 0.3) is 10.0 Å². The maximum atomic E-state index is 13.8. The molecule has 172 valence electrons. The molecule has 5 nitrogen and oxygen atoms in total. The van der Waals surface area contributed by atoms with E-state index in [-0.39, 0.29) is 4.90 Å². The van der Waals surface area contributed by atoms with Crippen molar-refractivity contribution in [3.63, 3.8) is 0 Å². The van der Waals surface area contributed by atoms with E-state index in [0.717, 1.165) is 10.9 Å². The average molecular weight is 501 g/mol. The topological polar surface area (TPSA) is 68.2 Å². The highest BCUT2D eigenvalue weighted by molar-refractivity contribution is 7.90. The molecule has 0 fully saturated rings. The minimum Gasteiger partial charge on any atom is -0.242 e. The third-order valence-electron chi connectivity index (χ3n) is 5.26. The Morgan fingerprint density at radius 2 is 1.52 bits per heavy atom. The molecule has 4 rings (SSSR count). The first kappa shape index (κ1) is 23.7. The molecule has 0 aliphatic rings. The molecule has 0 saturated carbocycles. The van der Waals surface area contributed by atoms with Crippen molar-refractivity contribution < 1.29 is 12.6 Å². The van der Waals surface area contributed by atoms with E-state index in [0.29, 0.717) is 16.2 Å². The predicted molar refractivity (Wildman–Crippen MR) is 135 cm³/mol. The quantitative estimate of drug-likeness (QED) is 0.370. The fourth-order valence-electron chi connectivity index (χ4n) is 3.56. The molecule has 0 aliphatic heterocycles. The Kier molecular flexibility index (Phi) is 6.51. The lowest BCUT2D eigenvalue weighted by molar-refractivity contribution is 0.581. The molecule has 0 aliphatic carbocycles. The van der Waals surface area contributed by atoms with Crippen LogP contribution in [0.5, 0.6) is 0 Å². The summed E-state index contributed by atoms with van der Waals surface area (Å²) in [5.74, 6) is 0. The largest absolute Gasteiger partial charge is 0.268 e. The lowest BCUT2D eigenvalue weighted by Gasteiger charge is -2.26. The van der Waals surface area contributed by atoms with Gasteiger partial charge in [-0.25, -0.2) is 21.3 Å². The molecule has 1 unspecified atom stereocenters. The second-order valence-electron chi connectivity index (χ2n) is 8.69. The molecule has 1 aromatic heterocycles. The molecule has 33 heavy (non-hydrogen) atoms. The van der Waals surface area contributed by atoms with Crippen molar-refractivity contribution in [2.45, 2.75) is 36.5 Å². The van der Waals surface area contributed by atoms with Crippen LogP contribution in [0.15, 0.2) is 89.8 Å². The molecular weight excluding hydrogens is 476 g/mol. The zero-order valence-electron chi connectivity index (χ0n) is 18.5. The Balaban J connectivity index is 1.99. The minimum absolute atomic E-state index is 0.180. The van der Waals surface area contributed by atoms with Gasteiger partial charge in [0.1, 0.15) is 0 Å². The monoisotopic (exact) mass is 500 g/mol. The van der Waals surface area contributed by atoms with Crippen molar-refractivity contribution in [2.24, 2.45) is 0 Å². The Morgan fingerprint density at radius 3 is 2.15 bits per heavy atom. The molecule has 4 aromatic rings. The van der Waals surface area contributed by atoms with Crippen LogP contribution in [0.4, 0.5) is 0 Å². The smallest absolute Gasteiger partial charge is 0.242 e. The number of benzene rings is 3. The highest BCUT2D eigenvalue weighted by Gasteiger charge is 2.31. The highest BCUT2D eigenvalue weighted by Crippen LogP contribution is 2.33. The molecule has 2 atom stereocenters. The molecule has 1 heterocycles. The third kappa shape index (κ3) is 4.77. The summed E-state index contributed by atoms with van der Waals surface area (Å²) in [5, 5.41) is 1.33. The van der Waals surface area contributed by atoms with E-state index in [9.17, 15) is 12.6 Å². The molecule has 3 aromatic carbocycles. The van der Waals surface area contributed by atoms with Gasteiger partial charge in [0, 0.05) is 10.4 Å². The van der Waals surface area contributed by atoms with E-state index in [4.69, 9.17) is 11.6 Å². The van der Waals surface area contributed by atoms with Crippen LogP contribution in [-0.2, 0) is 21.0 Å². The van der Waals surface area contributed by atoms with Gasteiger partial charge in [-0.15, -0.1) is 0 Å². The number of para-hydroxylation sites is 1. The first-order chi connectivity index (χ1) is 15.6.